The van der Waals surface area contributed by atoms with Crippen LogP contribution in [0.15, 0.2) is 212 Å². The van der Waals surface area contributed by atoms with E-state index in [9.17, 15) is 0 Å². The van der Waals surface area contributed by atoms with Crippen LogP contribution >= 0.6 is 0 Å². The first-order valence-electron chi connectivity index (χ1n) is 21.3. The number of para-hydroxylation sites is 3. The Morgan fingerprint density at radius 3 is 1.84 bits per heavy atom. The van der Waals surface area contributed by atoms with Gasteiger partial charge < -0.3 is 4.57 Å². The molecule has 1 atom stereocenters. The Bertz CT molecular complexity index is 3560. The molecule has 0 radical (unpaired) electrons. The van der Waals surface area contributed by atoms with Gasteiger partial charge in [0.1, 0.15) is 5.82 Å². The van der Waals surface area contributed by atoms with E-state index in [4.69, 9.17) is 4.98 Å². The lowest BCUT2D eigenvalue weighted by Crippen LogP contribution is -2.07. The standard InChI is InChI=1S/C58H41N3/c1-38-18-8-10-26-43(38)55-36-42-23-9-12-32-51(42)60(55)52-34-16-28-45-48(52)37-49-46(57(45)47-30-15-25-40-24-14-27-44(56(40)47)39-19-4-2-5-20-39)29-17-35-53(49)61-54-33-13-11-31-50(54)59-58(61)41-21-6-3-7-22-41/h2-17,19-38H,18H2,1H3. The molecule has 0 aliphatic heterocycles. The Morgan fingerprint density at radius 2 is 1.10 bits per heavy atom. The minimum atomic E-state index is 0.393. The number of allylic oxidation sites excluding steroid dienone is 4. The fourth-order valence-electron chi connectivity index (χ4n) is 9.98. The third-order valence-electron chi connectivity index (χ3n) is 12.8. The molecule has 288 valence electrons. The van der Waals surface area contributed by atoms with Gasteiger partial charge in [-0.25, -0.2) is 4.98 Å². The van der Waals surface area contributed by atoms with Gasteiger partial charge in [0.2, 0.25) is 0 Å². The Morgan fingerprint density at radius 1 is 0.492 bits per heavy atom. The van der Waals surface area contributed by atoms with Crippen molar-refractivity contribution >= 4 is 59.8 Å². The van der Waals surface area contributed by atoms with Crippen molar-refractivity contribution in [3.63, 3.8) is 0 Å². The molecular formula is C58H41N3. The number of hydrogen-bond acceptors (Lipinski definition) is 1. The molecule has 0 saturated carbocycles. The second kappa shape index (κ2) is 14.2. The van der Waals surface area contributed by atoms with Crippen molar-refractivity contribution in [2.75, 3.05) is 0 Å². The molecule has 1 unspecified atom stereocenters. The minimum Gasteiger partial charge on any atom is -0.309 e. The van der Waals surface area contributed by atoms with Crippen molar-refractivity contribution in [2.45, 2.75) is 13.3 Å². The van der Waals surface area contributed by atoms with Crippen molar-refractivity contribution in [1.82, 2.24) is 14.1 Å². The Kier molecular flexibility index (Phi) is 8.21. The fourth-order valence-corrected chi connectivity index (χ4v) is 9.98. The lowest BCUT2D eigenvalue weighted by atomic mass is 9.86. The van der Waals surface area contributed by atoms with Crippen LogP contribution in [0, 0.1) is 5.92 Å². The summed E-state index contributed by atoms with van der Waals surface area (Å²) in [6.07, 6.45) is 7.85. The third kappa shape index (κ3) is 5.62. The molecule has 0 N–H and O–H groups in total. The quantitative estimate of drug-likeness (QED) is 0.154. The molecule has 3 nitrogen and oxygen atoms in total. The van der Waals surface area contributed by atoms with Gasteiger partial charge in [-0.2, -0.15) is 0 Å². The van der Waals surface area contributed by atoms with E-state index in [1.165, 1.54) is 71.4 Å². The maximum Gasteiger partial charge on any atom is 0.145 e. The largest absolute Gasteiger partial charge is 0.309 e. The van der Waals surface area contributed by atoms with Crippen LogP contribution < -0.4 is 0 Å². The Hall–Kier alpha value is -7.75. The summed E-state index contributed by atoms with van der Waals surface area (Å²) in [5.41, 5.74) is 14.0. The van der Waals surface area contributed by atoms with Crippen LogP contribution in [-0.2, 0) is 0 Å². The molecule has 0 saturated heterocycles. The third-order valence-corrected chi connectivity index (χ3v) is 12.8. The van der Waals surface area contributed by atoms with Gasteiger partial charge in [0, 0.05) is 21.7 Å². The van der Waals surface area contributed by atoms with Gasteiger partial charge in [-0.05, 0) is 104 Å². The highest BCUT2D eigenvalue weighted by Crippen LogP contribution is 2.47. The molecule has 2 aromatic heterocycles. The number of imidazole rings is 1. The topological polar surface area (TPSA) is 22.8 Å². The second-order valence-electron chi connectivity index (χ2n) is 16.3. The molecule has 1 aliphatic rings. The van der Waals surface area contributed by atoms with E-state index in [0.29, 0.717) is 5.92 Å². The average Bonchev–Trinajstić information content (AvgIpc) is 3.90. The highest BCUT2D eigenvalue weighted by molar-refractivity contribution is 6.21. The molecule has 11 aromatic rings. The van der Waals surface area contributed by atoms with E-state index >= 15 is 0 Å². The SMILES string of the molecule is CC1CC=CC=C1c1cc2ccccc2n1-c1cccc2c(-c3cccc4cccc(-c5ccccc5)c34)c3cccc(-n4c(-c5ccccc5)nc5ccccc54)c3cc12. The van der Waals surface area contributed by atoms with Crippen molar-refractivity contribution in [2.24, 2.45) is 5.92 Å². The summed E-state index contributed by atoms with van der Waals surface area (Å²) in [5, 5.41) is 8.47. The van der Waals surface area contributed by atoms with Crippen LogP contribution in [-0.4, -0.2) is 14.1 Å². The summed E-state index contributed by atoms with van der Waals surface area (Å²) in [5.74, 6) is 1.31. The zero-order valence-electron chi connectivity index (χ0n) is 33.8. The zero-order valence-corrected chi connectivity index (χ0v) is 33.8. The van der Waals surface area contributed by atoms with Crippen molar-refractivity contribution in [1.29, 1.82) is 0 Å². The normalized spacial score (nSPS) is 14.1. The summed E-state index contributed by atoms with van der Waals surface area (Å²) in [4.78, 5) is 5.31. The maximum absolute atomic E-state index is 5.31. The number of aromatic nitrogens is 3. The molecule has 0 fully saturated rings. The summed E-state index contributed by atoms with van der Waals surface area (Å²) in [7, 11) is 0. The van der Waals surface area contributed by atoms with E-state index in [0.717, 1.165) is 45.6 Å². The highest BCUT2D eigenvalue weighted by atomic mass is 15.1. The van der Waals surface area contributed by atoms with E-state index in [1.807, 2.05) is 0 Å². The van der Waals surface area contributed by atoms with E-state index in [1.54, 1.807) is 0 Å². The first-order chi connectivity index (χ1) is 30.2. The monoisotopic (exact) mass is 779 g/mol. The van der Waals surface area contributed by atoms with Crippen molar-refractivity contribution in [3.05, 3.63) is 218 Å². The second-order valence-corrected chi connectivity index (χ2v) is 16.3. The van der Waals surface area contributed by atoms with E-state index in [2.05, 4.69) is 228 Å². The van der Waals surface area contributed by atoms with Crippen molar-refractivity contribution < 1.29 is 0 Å². The van der Waals surface area contributed by atoms with Crippen LogP contribution in [0.4, 0.5) is 0 Å². The van der Waals surface area contributed by atoms with E-state index in [-0.39, 0.29) is 0 Å². The Labute approximate surface area is 354 Å². The number of hydrogen-bond donors (Lipinski definition) is 0. The number of fused-ring (bicyclic) bond motifs is 5. The molecule has 61 heavy (non-hydrogen) atoms. The van der Waals surface area contributed by atoms with Crippen LogP contribution in [0.3, 0.4) is 0 Å². The molecule has 0 amide bonds. The predicted octanol–water partition coefficient (Wildman–Crippen LogP) is 15.4. The molecule has 12 rings (SSSR count). The van der Waals surface area contributed by atoms with Gasteiger partial charge in [-0.15, -0.1) is 0 Å². The molecule has 2 heterocycles. The van der Waals surface area contributed by atoms with Crippen LogP contribution in [0.2, 0.25) is 0 Å². The molecular weight excluding hydrogens is 739 g/mol. The first-order valence-corrected chi connectivity index (χ1v) is 21.3. The zero-order chi connectivity index (χ0) is 40.4. The van der Waals surface area contributed by atoms with E-state index < -0.39 is 0 Å². The summed E-state index contributed by atoms with van der Waals surface area (Å²) in [6.45, 7) is 2.35. The smallest absolute Gasteiger partial charge is 0.145 e. The van der Waals surface area contributed by atoms with Gasteiger partial charge in [-0.1, -0.05) is 177 Å². The van der Waals surface area contributed by atoms with Gasteiger partial charge in [0.25, 0.3) is 0 Å². The predicted molar refractivity (Wildman–Crippen MR) is 258 cm³/mol. The Balaban J connectivity index is 1.26. The highest BCUT2D eigenvalue weighted by Gasteiger charge is 2.24. The molecule has 1 aliphatic carbocycles. The molecule has 0 spiro atoms. The lowest BCUT2D eigenvalue weighted by Gasteiger charge is -2.23. The van der Waals surface area contributed by atoms with Gasteiger partial charge >= 0.3 is 0 Å². The minimum absolute atomic E-state index is 0.393. The van der Waals surface area contributed by atoms with Gasteiger partial charge in [0.15, 0.2) is 0 Å². The number of nitrogens with zero attached hydrogens (tertiary/aromatic N) is 3. The molecule has 3 heteroatoms. The first kappa shape index (κ1) is 35.2. The van der Waals surface area contributed by atoms with Gasteiger partial charge in [0.05, 0.1) is 33.6 Å². The van der Waals surface area contributed by atoms with Crippen LogP contribution in [0.5, 0.6) is 0 Å². The number of rotatable bonds is 6. The lowest BCUT2D eigenvalue weighted by molar-refractivity contribution is 0.751. The van der Waals surface area contributed by atoms with Gasteiger partial charge in [-0.3, -0.25) is 4.57 Å². The average molecular weight is 780 g/mol. The summed E-state index contributed by atoms with van der Waals surface area (Å²) in [6, 6.07) is 70.9. The fraction of sp³-hybridized carbons (Fsp3) is 0.0517. The molecule has 9 aromatic carbocycles. The number of benzene rings is 9. The van der Waals surface area contributed by atoms with Crippen molar-refractivity contribution in [3.8, 4) is 45.0 Å². The summed E-state index contributed by atoms with van der Waals surface area (Å²) >= 11 is 0. The van der Waals surface area contributed by atoms with Crippen LogP contribution in [0.1, 0.15) is 19.0 Å². The van der Waals surface area contributed by atoms with Crippen LogP contribution in [0.25, 0.3) is 105 Å². The molecule has 0 bridgehead atoms. The summed E-state index contributed by atoms with van der Waals surface area (Å²) < 4.78 is 4.90. The maximum atomic E-state index is 5.31.